The van der Waals surface area contributed by atoms with Gasteiger partial charge in [0.25, 0.3) is 0 Å². The Balaban J connectivity index is 2.11. The third-order valence-electron chi connectivity index (χ3n) is 2.19. The normalized spacial score (nSPS) is 9.65. The Bertz CT molecular complexity index is 578. The number of benzene rings is 1. The Hall–Kier alpha value is -2.12. The molecule has 0 saturated carbocycles. The van der Waals surface area contributed by atoms with Crippen molar-refractivity contribution < 1.29 is 9.53 Å². The first-order valence-electron chi connectivity index (χ1n) is 4.96. The van der Waals surface area contributed by atoms with Gasteiger partial charge in [-0.25, -0.2) is 4.79 Å². The lowest BCUT2D eigenvalue weighted by molar-refractivity contribution is 0.0740. The van der Waals surface area contributed by atoms with E-state index in [0.717, 1.165) is 5.56 Å². The average Bonchev–Trinajstić information content (AvgIpc) is 2.77. The molecule has 0 aliphatic carbocycles. The van der Waals surface area contributed by atoms with Gasteiger partial charge in [-0.15, -0.1) is 11.3 Å². The molecule has 0 atom stereocenters. The molecule has 0 aliphatic rings. The zero-order valence-corrected chi connectivity index (χ0v) is 9.95. The van der Waals surface area contributed by atoms with Gasteiger partial charge in [-0.3, -0.25) is 0 Å². The lowest BCUT2D eigenvalue weighted by Crippen LogP contribution is -2.07. The summed E-state index contributed by atoms with van der Waals surface area (Å²) in [6, 6.07) is 10.7. The first-order chi connectivity index (χ1) is 8.19. The van der Waals surface area contributed by atoms with Crippen LogP contribution >= 0.6 is 11.3 Å². The van der Waals surface area contributed by atoms with Gasteiger partial charge in [-0.05, 0) is 19.1 Å². The molecule has 17 heavy (non-hydrogen) atoms. The van der Waals surface area contributed by atoms with Crippen molar-refractivity contribution in [3.05, 3.63) is 52.4 Å². The smallest absolute Gasteiger partial charge is 0.344 e. The minimum absolute atomic E-state index is 0.406. The van der Waals surface area contributed by atoms with E-state index in [1.165, 1.54) is 11.3 Å². The molecular formula is C13H9NO2S. The van der Waals surface area contributed by atoms with Gasteiger partial charge in [0.1, 0.15) is 6.07 Å². The summed E-state index contributed by atoms with van der Waals surface area (Å²) < 4.78 is 5.15. The van der Waals surface area contributed by atoms with Crippen molar-refractivity contribution in [2.45, 2.75) is 6.92 Å². The van der Waals surface area contributed by atoms with Gasteiger partial charge in [0.2, 0.25) is 0 Å². The van der Waals surface area contributed by atoms with Crippen LogP contribution in [-0.4, -0.2) is 5.97 Å². The summed E-state index contributed by atoms with van der Waals surface area (Å²) in [5.74, 6) is -0.406. The molecule has 3 nitrogen and oxygen atoms in total. The first-order valence-corrected chi connectivity index (χ1v) is 5.84. The topological polar surface area (TPSA) is 50.1 Å². The fourth-order valence-electron chi connectivity index (χ4n) is 1.27. The maximum Gasteiger partial charge on any atom is 0.344 e. The Morgan fingerprint density at radius 2 is 2.06 bits per heavy atom. The van der Waals surface area contributed by atoms with Crippen LogP contribution < -0.4 is 4.74 Å². The SMILES string of the molecule is Cc1ccc(C(=O)Oc2cc(C#N)cs2)cc1. The number of nitrogens with zero attached hydrogens (tertiary/aromatic N) is 1. The molecule has 2 aromatic rings. The predicted molar refractivity (Wildman–Crippen MR) is 65.2 cm³/mol. The number of nitriles is 1. The third kappa shape index (κ3) is 2.71. The monoisotopic (exact) mass is 243 g/mol. The summed E-state index contributed by atoms with van der Waals surface area (Å²) in [6.07, 6.45) is 0. The summed E-state index contributed by atoms with van der Waals surface area (Å²) in [7, 11) is 0. The van der Waals surface area contributed by atoms with Gasteiger partial charge in [-0.1, -0.05) is 17.7 Å². The van der Waals surface area contributed by atoms with Crippen LogP contribution in [0.25, 0.3) is 0 Å². The summed E-state index contributed by atoms with van der Waals surface area (Å²) in [5, 5.41) is 10.7. The average molecular weight is 243 g/mol. The minimum atomic E-state index is -0.406. The maximum absolute atomic E-state index is 11.7. The third-order valence-corrected chi connectivity index (χ3v) is 2.99. The van der Waals surface area contributed by atoms with Crippen molar-refractivity contribution in [2.24, 2.45) is 0 Å². The van der Waals surface area contributed by atoms with Gasteiger partial charge < -0.3 is 4.74 Å². The highest BCUT2D eigenvalue weighted by atomic mass is 32.1. The molecule has 0 saturated heterocycles. The number of thiophene rings is 1. The second kappa shape index (κ2) is 4.81. The van der Waals surface area contributed by atoms with Crippen LogP contribution in [-0.2, 0) is 0 Å². The van der Waals surface area contributed by atoms with Crippen LogP contribution in [0.15, 0.2) is 35.7 Å². The van der Waals surface area contributed by atoms with Crippen LogP contribution in [0.4, 0.5) is 0 Å². The largest absolute Gasteiger partial charge is 0.412 e. The maximum atomic E-state index is 11.7. The van der Waals surface area contributed by atoms with Crippen LogP contribution in [0.2, 0.25) is 0 Å². The highest BCUT2D eigenvalue weighted by molar-refractivity contribution is 7.12. The van der Waals surface area contributed by atoms with Gasteiger partial charge in [0, 0.05) is 11.4 Å². The first kappa shape index (κ1) is 11.4. The Labute approximate surface area is 103 Å². The number of aryl methyl sites for hydroxylation is 1. The molecule has 0 radical (unpaired) electrons. The quantitative estimate of drug-likeness (QED) is 0.761. The van der Waals surface area contributed by atoms with E-state index in [1.54, 1.807) is 23.6 Å². The Morgan fingerprint density at radius 1 is 1.35 bits per heavy atom. The fraction of sp³-hybridized carbons (Fsp3) is 0.0769. The second-order valence-corrected chi connectivity index (χ2v) is 4.40. The van der Waals surface area contributed by atoms with E-state index in [1.807, 2.05) is 25.1 Å². The van der Waals surface area contributed by atoms with Crippen molar-refractivity contribution in [3.8, 4) is 11.1 Å². The molecule has 0 amide bonds. The highest BCUT2D eigenvalue weighted by Gasteiger charge is 2.09. The number of hydrogen-bond acceptors (Lipinski definition) is 4. The number of hydrogen-bond donors (Lipinski definition) is 0. The highest BCUT2D eigenvalue weighted by Crippen LogP contribution is 2.23. The number of rotatable bonds is 2. The van der Waals surface area contributed by atoms with Crippen LogP contribution in [0.1, 0.15) is 21.5 Å². The van der Waals surface area contributed by atoms with Gasteiger partial charge in [-0.2, -0.15) is 5.26 Å². The van der Waals surface area contributed by atoms with Gasteiger partial charge in [0.15, 0.2) is 5.06 Å². The lowest BCUT2D eigenvalue weighted by Gasteiger charge is -2.01. The van der Waals surface area contributed by atoms with Crippen molar-refractivity contribution in [3.63, 3.8) is 0 Å². The molecule has 4 heteroatoms. The molecule has 1 aromatic carbocycles. The summed E-state index contributed by atoms with van der Waals surface area (Å²) >= 11 is 1.23. The molecule has 1 heterocycles. The van der Waals surface area contributed by atoms with Crippen molar-refractivity contribution in [1.29, 1.82) is 5.26 Å². The molecule has 0 N–H and O–H groups in total. The Morgan fingerprint density at radius 3 is 2.65 bits per heavy atom. The number of ether oxygens (including phenoxy) is 1. The lowest BCUT2D eigenvalue weighted by atomic mass is 10.1. The fourth-order valence-corrected chi connectivity index (χ4v) is 1.95. The number of carbonyl (C=O) groups is 1. The molecular weight excluding hydrogens is 234 g/mol. The minimum Gasteiger partial charge on any atom is -0.412 e. The van der Waals surface area contributed by atoms with E-state index < -0.39 is 5.97 Å². The van der Waals surface area contributed by atoms with E-state index in [4.69, 9.17) is 10.00 Å². The van der Waals surface area contributed by atoms with Crippen LogP contribution in [0.5, 0.6) is 5.06 Å². The van der Waals surface area contributed by atoms with E-state index >= 15 is 0 Å². The summed E-state index contributed by atoms with van der Waals surface area (Å²) in [4.78, 5) is 11.7. The van der Waals surface area contributed by atoms with Gasteiger partial charge >= 0.3 is 5.97 Å². The van der Waals surface area contributed by atoms with E-state index in [9.17, 15) is 4.79 Å². The summed E-state index contributed by atoms with van der Waals surface area (Å²) in [5.41, 5.74) is 2.09. The molecule has 0 fully saturated rings. The van der Waals surface area contributed by atoms with Crippen molar-refractivity contribution >= 4 is 17.3 Å². The van der Waals surface area contributed by atoms with Crippen LogP contribution in [0, 0.1) is 18.3 Å². The van der Waals surface area contributed by atoms with Crippen LogP contribution in [0.3, 0.4) is 0 Å². The van der Waals surface area contributed by atoms with Gasteiger partial charge in [0.05, 0.1) is 11.1 Å². The molecule has 1 aromatic heterocycles. The number of carbonyl (C=O) groups excluding carboxylic acids is 1. The van der Waals surface area contributed by atoms with E-state index in [-0.39, 0.29) is 0 Å². The molecule has 0 bridgehead atoms. The molecule has 0 spiro atoms. The molecule has 2 rings (SSSR count). The van der Waals surface area contributed by atoms with Crippen molar-refractivity contribution in [2.75, 3.05) is 0 Å². The number of esters is 1. The van der Waals surface area contributed by atoms with E-state index in [0.29, 0.717) is 16.2 Å². The zero-order chi connectivity index (χ0) is 12.3. The second-order valence-electron chi connectivity index (χ2n) is 3.52. The standard InChI is InChI=1S/C13H9NO2S/c1-9-2-4-11(5-3-9)13(15)16-12-6-10(7-14)8-17-12/h2-6,8H,1H3. The van der Waals surface area contributed by atoms with E-state index in [2.05, 4.69) is 0 Å². The molecule has 84 valence electrons. The summed E-state index contributed by atoms with van der Waals surface area (Å²) in [6.45, 7) is 1.95. The molecule has 0 unspecified atom stereocenters. The Kier molecular flexibility index (Phi) is 3.22. The predicted octanol–water partition coefficient (Wildman–Crippen LogP) is 3.15. The molecule has 0 aliphatic heterocycles. The van der Waals surface area contributed by atoms with Crippen molar-refractivity contribution in [1.82, 2.24) is 0 Å². The zero-order valence-electron chi connectivity index (χ0n) is 9.14.